The lowest BCUT2D eigenvalue weighted by molar-refractivity contribution is 1.20. The average Bonchev–Trinajstić information content (AvgIpc) is 3.08. The number of hydrogen-bond donors (Lipinski definition) is 0. The van der Waals surface area contributed by atoms with Gasteiger partial charge in [-0.05, 0) is 49.7 Å². The molecule has 4 rings (SSSR count). The molecule has 0 fully saturated rings. The molecule has 0 bridgehead atoms. The molecular formula is C22H17ClN2S. The molecule has 0 aliphatic heterocycles. The monoisotopic (exact) mass is 376 g/mol. The van der Waals surface area contributed by atoms with Crippen molar-refractivity contribution in [2.75, 3.05) is 0 Å². The number of aromatic nitrogens is 2. The number of hydrogen-bond acceptors (Lipinski definition) is 3. The summed E-state index contributed by atoms with van der Waals surface area (Å²) in [4.78, 5) is 10.5. The Hall–Kier alpha value is -2.49. The molecule has 0 spiro atoms. The largest absolute Gasteiger partial charge is 0.262 e. The Labute approximate surface area is 162 Å². The molecule has 0 aliphatic rings. The van der Waals surface area contributed by atoms with Crippen LogP contribution in [0.25, 0.3) is 32.3 Å². The highest BCUT2D eigenvalue weighted by Gasteiger charge is 2.16. The van der Waals surface area contributed by atoms with Crippen LogP contribution in [0.4, 0.5) is 0 Å². The zero-order valence-corrected chi connectivity index (χ0v) is 16.1. The zero-order valence-electron chi connectivity index (χ0n) is 14.5. The van der Waals surface area contributed by atoms with E-state index in [9.17, 15) is 0 Å². The van der Waals surface area contributed by atoms with Gasteiger partial charge in [0.15, 0.2) is 0 Å². The van der Waals surface area contributed by atoms with Crippen molar-refractivity contribution in [2.45, 2.75) is 13.8 Å². The molecule has 4 aromatic rings. The van der Waals surface area contributed by atoms with Gasteiger partial charge >= 0.3 is 0 Å². The third-order valence-electron chi connectivity index (χ3n) is 4.17. The number of benzene rings is 2. The van der Waals surface area contributed by atoms with Gasteiger partial charge in [0, 0.05) is 28.0 Å². The molecule has 0 amide bonds. The van der Waals surface area contributed by atoms with Gasteiger partial charge in [-0.2, -0.15) is 0 Å². The van der Waals surface area contributed by atoms with Crippen molar-refractivity contribution in [3.8, 4) is 32.3 Å². The highest BCUT2D eigenvalue weighted by molar-refractivity contribution is 7.19. The van der Waals surface area contributed by atoms with Crippen LogP contribution < -0.4 is 0 Å². The summed E-state index contributed by atoms with van der Waals surface area (Å²) in [5.74, 6) is 0. The summed E-state index contributed by atoms with van der Waals surface area (Å²) in [6.07, 6.45) is 1.85. The minimum absolute atomic E-state index is 0.731. The van der Waals surface area contributed by atoms with Crippen LogP contribution in [0.2, 0.25) is 5.02 Å². The van der Waals surface area contributed by atoms with E-state index in [-0.39, 0.29) is 0 Å². The van der Waals surface area contributed by atoms with Crippen molar-refractivity contribution in [1.82, 2.24) is 9.97 Å². The third kappa shape index (κ3) is 3.41. The van der Waals surface area contributed by atoms with E-state index in [1.54, 1.807) is 11.3 Å². The predicted octanol–water partition coefficient (Wildman–Crippen LogP) is 6.81. The first kappa shape index (κ1) is 17.0. The second-order valence-electron chi connectivity index (χ2n) is 6.26. The summed E-state index contributed by atoms with van der Waals surface area (Å²) in [6, 6.07) is 20.5. The summed E-state index contributed by atoms with van der Waals surface area (Å²) >= 11 is 7.74. The molecule has 2 aromatic heterocycles. The second kappa shape index (κ2) is 7.02. The van der Waals surface area contributed by atoms with Crippen molar-refractivity contribution in [1.29, 1.82) is 0 Å². The fraction of sp³-hybridized carbons (Fsp3) is 0.0909. The smallest absolute Gasteiger partial charge is 0.124 e. The molecule has 26 heavy (non-hydrogen) atoms. The fourth-order valence-corrected chi connectivity index (χ4v) is 4.12. The molecule has 0 radical (unpaired) electrons. The highest BCUT2D eigenvalue weighted by atomic mass is 35.5. The Kier molecular flexibility index (Phi) is 4.58. The molecule has 4 heteroatoms. The van der Waals surface area contributed by atoms with Crippen LogP contribution in [-0.2, 0) is 0 Å². The number of rotatable bonds is 3. The average molecular weight is 377 g/mol. The minimum atomic E-state index is 0.731. The lowest BCUT2D eigenvalue weighted by atomic mass is 10.1. The molecule has 128 valence electrons. The Morgan fingerprint density at radius 2 is 1.65 bits per heavy atom. The summed E-state index contributed by atoms with van der Waals surface area (Å²) in [7, 11) is 0. The molecule has 2 heterocycles. The summed E-state index contributed by atoms with van der Waals surface area (Å²) in [6.45, 7) is 4.11. The van der Waals surface area contributed by atoms with Gasteiger partial charge in [0.05, 0.1) is 10.6 Å². The quantitative estimate of drug-likeness (QED) is 0.392. The van der Waals surface area contributed by atoms with Crippen LogP contribution in [0.3, 0.4) is 0 Å². The van der Waals surface area contributed by atoms with Crippen LogP contribution in [0.5, 0.6) is 0 Å². The first-order chi connectivity index (χ1) is 12.6. The predicted molar refractivity (Wildman–Crippen MR) is 111 cm³/mol. The third-order valence-corrected chi connectivity index (χ3v) is 5.57. The van der Waals surface area contributed by atoms with Gasteiger partial charge in [-0.3, -0.25) is 4.98 Å². The van der Waals surface area contributed by atoms with E-state index in [2.05, 4.69) is 42.2 Å². The Balaban J connectivity index is 1.92. The molecule has 0 saturated heterocycles. The summed E-state index contributed by atoms with van der Waals surface area (Å²) < 4.78 is 0. The van der Waals surface area contributed by atoms with Crippen molar-refractivity contribution >= 4 is 22.9 Å². The lowest BCUT2D eigenvalue weighted by Gasteiger charge is -2.04. The Morgan fingerprint density at radius 1 is 0.846 bits per heavy atom. The van der Waals surface area contributed by atoms with E-state index < -0.39 is 0 Å². The number of pyridine rings is 1. The molecule has 2 nitrogen and oxygen atoms in total. The van der Waals surface area contributed by atoms with Gasteiger partial charge in [-0.25, -0.2) is 4.98 Å². The minimum Gasteiger partial charge on any atom is -0.262 e. The fourth-order valence-electron chi connectivity index (χ4n) is 2.91. The first-order valence-corrected chi connectivity index (χ1v) is 9.56. The van der Waals surface area contributed by atoms with E-state index >= 15 is 0 Å². The number of nitrogens with zero attached hydrogens (tertiary/aromatic N) is 2. The van der Waals surface area contributed by atoms with Crippen molar-refractivity contribution in [3.05, 3.63) is 83.1 Å². The molecule has 0 unspecified atom stereocenters. The standard InChI is InChI=1S/C22H17ClN2S/c1-14-4-3-5-17(12-14)20-21(18-10-11-24-15(2)13-18)26-22(25-20)16-6-8-19(23)9-7-16/h3-13H,1-2H3. The van der Waals surface area contributed by atoms with Gasteiger partial charge in [0.1, 0.15) is 5.01 Å². The Bertz CT molecular complexity index is 1000. The van der Waals surface area contributed by atoms with E-state index in [1.165, 1.54) is 5.56 Å². The van der Waals surface area contributed by atoms with E-state index in [0.29, 0.717) is 0 Å². The van der Waals surface area contributed by atoms with Crippen molar-refractivity contribution in [3.63, 3.8) is 0 Å². The summed E-state index contributed by atoms with van der Waals surface area (Å²) in [5, 5.41) is 1.72. The maximum Gasteiger partial charge on any atom is 0.124 e. The molecular weight excluding hydrogens is 360 g/mol. The molecule has 0 atom stereocenters. The molecule has 0 aliphatic carbocycles. The van der Waals surface area contributed by atoms with Gasteiger partial charge in [0.25, 0.3) is 0 Å². The van der Waals surface area contributed by atoms with Crippen LogP contribution in [-0.4, -0.2) is 9.97 Å². The van der Waals surface area contributed by atoms with Crippen molar-refractivity contribution < 1.29 is 0 Å². The number of halogens is 1. The second-order valence-corrected chi connectivity index (χ2v) is 7.69. The van der Waals surface area contributed by atoms with Crippen LogP contribution in [0, 0.1) is 13.8 Å². The first-order valence-electron chi connectivity index (χ1n) is 8.37. The van der Waals surface area contributed by atoms with Gasteiger partial charge in [0.2, 0.25) is 0 Å². The van der Waals surface area contributed by atoms with Gasteiger partial charge < -0.3 is 0 Å². The van der Waals surface area contributed by atoms with Crippen LogP contribution >= 0.6 is 22.9 Å². The number of aryl methyl sites for hydroxylation is 2. The molecule has 2 aromatic carbocycles. The van der Waals surface area contributed by atoms with Crippen LogP contribution in [0.15, 0.2) is 66.9 Å². The van der Waals surface area contributed by atoms with E-state index in [1.807, 2.05) is 43.5 Å². The maximum absolute atomic E-state index is 6.04. The van der Waals surface area contributed by atoms with E-state index in [4.69, 9.17) is 16.6 Å². The van der Waals surface area contributed by atoms with Crippen LogP contribution in [0.1, 0.15) is 11.3 Å². The topological polar surface area (TPSA) is 25.8 Å². The Morgan fingerprint density at radius 3 is 2.38 bits per heavy atom. The van der Waals surface area contributed by atoms with E-state index in [0.717, 1.165) is 43.0 Å². The van der Waals surface area contributed by atoms with Gasteiger partial charge in [-0.15, -0.1) is 11.3 Å². The normalized spacial score (nSPS) is 10.9. The van der Waals surface area contributed by atoms with Gasteiger partial charge in [-0.1, -0.05) is 47.5 Å². The summed E-state index contributed by atoms with van der Waals surface area (Å²) in [5.41, 5.74) is 6.58. The van der Waals surface area contributed by atoms with Crippen molar-refractivity contribution in [2.24, 2.45) is 0 Å². The number of thiazole rings is 1. The highest BCUT2D eigenvalue weighted by Crippen LogP contribution is 2.40. The molecule has 0 saturated carbocycles. The molecule has 0 N–H and O–H groups in total. The lowest BCUT2D eigenvalue weighted by Crippen LogP contribution is -1.85. The SMILES string of the molecule is Cc1cccc(-c2nc(-c3ccc(Cl)cc3)sc2-c2ccnc(C)c2)c1. The zero-order chi connectivity index (χ0) is 18.1. The maximum atomic E-state index is 6.04.